The van der Waals surface area contributed by atoms with Gasteiger partial charge < -0.3 is 10.5 Å². The molecule has 2 aromatic rings. The molecule has 0 spiro atoms. The summed E-state index contributed by atoms with van der Waals surface area (Å²) < 4.78 is 5.37. The van der Waals surface area contributed by atoms with Crippen LogP contribution in [0.15, 0.2) is 54.6 Å². The quantitative estimate of drug-likeness (QED) is 0.867. The Morgan fingerprint density at radius 1 is 0.950 bits per heavy atom. The highest BCUT2D eigenvalue weighted by Gasteiger charge is 2.18. The van der Waals surface area contributed by atoms with Crippen molar-refractivity contribution in [1.82, 2.24) is 0 Å². The van der Waals surface area contributed by atoms with Crippen LogP contribution in [0, 0.1) is 0 Å². The molecule has 1 amide bonds. The summed E-state index contributed by atoms with van der Waals surface area (Å²) in [7, 11) is 0. The SMILES string of the molecule is C[C@@H](OC(=O)c1ccccc1C(N)=O)c1ccccc1. The summed E-state index contributed by atoms with van der Waals surface area (Å²) in [5, 5.41) is 0. The van der Waals surface area contributed by atoms with Crippen LogP contribution in [0.3, 0.4) is 0 Å². The van der Waals surface area contributed by atoms with Crippen LogP contribution in [-0.4, -0.2) is 11.9 Å². The molecule has 102 valence electrons. The van der Waals surface area contributed by atoms with Gasteiger partial charge in [0.1, 0.15) is 6.10 Å². The minimum absolute atomic E-state index is 0.165. The van der Waals surface area contributed by atoms with Gasteiger partial charge in [0.2, 0.25) is 5.91 Å². The fourth-order valence-corrected chi connectivity index (χ4v) is 1.89. The Hall–Kier alpha value is -2.62. The van der Waals surface area contributed by atoms with Crippen LogP contribution in [0.5, 0.6) is 0 Å². The molecule has 0 aliphatic rings. The average Bonchev–Trinajstić information content (AvgIpc) is 2.48. The van der Waals surface area contributed by atoms with Crippen molar-refractivity contribution in [3.05, 3.63) is 71.3 Å². The molecule has 0 unspecified atom stereocenters. The molecule has 0 bridgehead atoms. The first kappa shape index (κ1) is 13.8. The van der Waals surface area contributed by atoms with Crippen molar-refractivity contribution in [2.45, 2.75) is 13.0 Å². The number of rotatable bonds is 4. The second-order valence-corrected chi connectivity index (χ2v) is 4.37. The molecule has 0 radical (unpaired) electrons. The zero-order valence-electron chi connectivity index (χ0n) is 11.1. The van der Waals surface area contributed by atoms with Gasteiger partial charge in [-0.2, -0.15) is 0 Å². The molecule has 2 aromatic carbocycles. The minimum atomic E-state index is -0.648. The average molecular weight is 269 g/mol. The Bertz CT molecular complexity index is 623. The number of benzene rings is 2. The van der Waals surface area contributed by atoms with Gasteiger partial charge in [-0.3, -0.25) is 4.79 Å². The lowest BCUT2D eigenvalue weighted by molar-refractivity contribution is 0.0335. The number of carbonyl (C=O) groups excluding carboxylic acids is 2. The minimum Gasteiger partial charge on any atom is -0.454 e. The second-order valence-electron chi connectivity index (χ2n) is 4.37. The number of nitrogens with two attached hydrogens (primary N) is 1. The highest BCUT2D eigenvalue weighted by atomic mass is 16.5. The van der Waals surface area contributed by atoms with Gasteiger partial charge in [-0.05, 0) is 24.6 Å². The molecule has 0 aromatic heterocycles. The highest BCUT2D eigenvalue weighted by Crippen LogP contribution is 2.19. The zero-order chi connectivity index (χ0) is 14.5. The molecule has 1 atom stereocenters. The van der Waals surface area contributed by atoms with Crippen molar-refractivity contribution in [2.24, 2.45) is 5.73 Å². The van der Waals surface area contributed by atoms with Crippen molar-refractivity contribution in [3.63, 3.8) is 0 Å². The Kier molecular flexibility index (Phi) is 4.15. The largest absolute Gasteiger partial charge is 0.454 e. The van der Waals surface area contributed by atoms with E-state index in [2.05, 4.69) is 0 Å². The number of hydrogen-bond acceptors (Lipinski definition) is 3. The summed E-state index contributed by atoms with van der Waals surface area (Å²) in [5.41, 5.74) is 6.48. The van der Waals surface area contributed by atoms with E-state index in [0.717, 1.165) is 5.56 Å². The molecular formula is C16H15NO3. The van der Waals surface area contributed by atoms with E-state index in [0.29, 0.717) is 0 Å². The Morgan fingerprint density at radius 2 is 1.50 bits per heavy atom. The number of amides is 1. The first-order valence-corrected chi connectivity index (χ1v) is 6.24. The molecule has 0 aliphatic carbocycles. The van der Waals surface area contributed by atoms with Gasteiger partial charge in [-0.15, -0.1) is 0 Å². The standard InChI is InChI=1S/C16H15NO3/c1-11(12-7-3-2-4-8-12)20-16(19)14-10-6-5-9-13(14)15(17)18/h2-11H,1H3,(H2,17,18)/t11-/m1/s1. The van der Waals surface area contributed by atoms with E-state index < -0.39 is 18.0 Å². The van der Waals surface area contributed by atoms with E-state index in [9.17, 15) is 9.59 Å². The van der Waals surface area contributed by atoms with Crippen LogP contribution in [0.25, 0.3) is 0 Å². The van der Waals surface area contributed by atoms with E-state index >= 15 is 0 Å². The van der Waals surface area contributed by atoms with E-state index in [4.69, 9.17) is 10.5 Å². The van der Waals surface area contributed by atoms with Gasteiger partial charge >= 0.3 is 5.97 Å². The summed E-state index contributed by atoms with van der Waals surface area (Å²) >= 11 is 0. The third-order valence-electron chi connectivity index (χ3n) is 2.97. The topological polar surface area (TPSA) is 69.4 Å². The van der Waals surface area contributed by atoms with E-state index in [1.807, 2.05) is 30.3 Å². The lowest BCUT2D eigenvalue weighted by Crippen LogP contribution is -2.18. The maximum absolute atomic E-state index is 12.1. The van der Waals surface area contributed by atoms with Crippen LogP contribution in [0.2, 0.25) is 0 Å². The van der Waals surface area contributed by atoms with Crippen LogP contribution >= 0.6 is 0 Å². The van der Waals surface area contributed by atoms with Crippen LogP contribution in [0.4, 0.5) is 0 Å². The molecule has 0 heterocycles. The van der Waals surface area contributed by atoms with Crippen LogP contribution in [-0.2, 0) is 4.74 Å². The Morgan fingerprint density at radius 3 is 2.10 bits per heavy atom. The second kappa shape index (κ2) is 6.02. The molecule has 0 aliphatic heterocycles. The third kappa shape index (κ3) is 3.03. The van der Waals surface area contributed by atoms with Gasteiger partial charge in [-0.1, -0.05) is 42.5 Å². The monoisotopic (exact) mass is 269 g/mol. The maximum Gasteiger partial charge on any atom is 0.339 e. The van der Waals surface area contributed by atoms with Crippen LogP contribution < -0.4 is 5.73 Å². The summed E-state index contributed by atoms with van der Waals surface area (Å²) in [4.78, 5) is 23.4. The van der Waals surface area contributed by atoms with E-state index in [-0.39, 0.29) is 11.1 Å². The summed E-state index contributed by atoms with van der Waals surface area (Å²) in [6.45, 7) is 1.78. The lowest BCUT2D eigenvalue weighted by atomic mass is 10.1. The van der Waals surface area contributed by atoms with Crippen molar-refractivity contribution < 1.29 is 14.3 Å². The van der Waals surface area contributed by atoms with Crippen molar-refractivity contribution >= 4 is 11.9 Å². The van der Waals surface area contributed by atoms with E-state index in [1.165, 1.54) is 12.1 Å². The van der Waals surface area contributed by atoms with Gasteiger partial charge in [0.25, 0.3) is 0 Å². The Balaban J connectivity index is 2.19. The third-order valence-corrected chi connectivity index (χ3v) is 2.97. The van der Waals surface area contributed by atoms with Crippen LogP contribution in [0.1, 0.15) is 39.3 Å². The smallest absolute Gasteiger partial charge is 0.339 e. The maximum atomic E-state index is 12.1. The van der Waals surface area contributed by atoms with Gasteiger partial charge in [0, 0.05) is 0 Å². The number of hydrogen-bond donors (Lipinski definition) is 1. The molecule has 2 N–H and O–H groups in total. The van der Waals surface area contributed by atoms with Gasteiger partial charge in [0.15, 0.2) is 0 Å². The molecule has 4 nitrogen and oxygen atoms in total. The normalized spacial score (nSPS) is 11.7. The fourth-order valence-electron chi connectivity index (χ4n) is 1.89. The van der Waals surface area contributed by atoms with Gasteiger partial charge in [-0.25, -0.2) is 4.79 Å². The number of primary amides is 1. The summed E-state index contributed by atoms with van der Waals surface area (Å²) in [6, 6.07) is 15.7. The molecule has 2 rings (SSSR count). The van der Waals surface area contributed by atoms with Gasteiger partial charge in [0.05, 0.1) is 11.1 Å². The zero-order valence-corrected chi connectivity index (χ0v) is 11.1. The molecule has 0 fully saturated rings. The summed E-state index contributed by atoms with van der Waals surface area (Å²) in [5.74, 6) is -1.21. The Labute approximate surface area is 117 Å². The molecule has 0 saturated heterocycles. The highest BCUT2D eigenvalue weighted by molar-refractivity contribution is 6.04. The molecular weight excluding hydrogens is 254 g/mol. The molecule has 4 heteroatoms. The van der Waals surface area contributed by atoms with Crippen molar-refractivity contribution in [3.8, 4) is 0 Å². The first-order valence-electron chi connectivity index (χ1n) is 6.24. The molecule has 20 heavy (non-hydrogen) atoms. The first-order chi connectivity index (χ1) is 9.59. The number of esters is 1. The van der Waals surface area contributed by atoms with Crippen molar-refractivity contribution in [1.29, 1.82) is 0 Å². The predicted octanol–water partition coefficient (Wildman–Crippen LogP) is 2.70. The fraction of sp³-hybridized carbons (Fsp3) is 0.125. The van der Waals surface area contributed by atoms with Crippen molar-refractivity contribution in [2.75, 3.05) is 0 Å². The predicted molar refractivity (Wildman–Crippen MR) is 75.2 cm³/mol. The number of carbonyl (C=O) groups is 2. The lowest BCUT2D eigenvalue weighted by Gasteiger charge is -2.14. The van der Waals surface area contributed by atoms with E-state index in [1.54, 1.807) is 19.1 Å². The number of ether oxygens (including phenoxy) is 1. The summed E-state index contributed by atoms with van der Waals surface area (Å²) in [6.07, 6.45) is -0.398. The molecule has 0 saturated carbocycles.